The number of ether oxygens (including phenoxy) is 1. The number of nitrogens with two attached hydrogens (primary N) is 1. The molecule has 0 atom stereocenters. The fourth-order valence-corrected chi connectivity index (χ4v) is 1.82. The maximum atomic E-state index is 11.5. The van der Waals surface area contributed by atoms with Gasteiger partial charge in [0.15, 0.2) is 5.82 Å². The Morgan fingerprint density at radius 1 is 1.61 bits per heavy atom. The number of nitrogens with one attached hydrogen (secondary N) is 1. The van der Waals surface area contributed by atoms with Crippen molar-refractivity contribution in [1.82, 2.24) is 10.3 Å². The third kappa shape index (κ3) is 2.20. The van der Waals surface area contributed by atoms with Gasteiger partial charge in [-0.15, -0.1) is 0 Å². The number of carbonyl (C=O) groups excluding carboxylic acids is 2. The standard InChI is InChI=1S/C11H14N4O3/c1-18-11(17)7-2-3-14-10(9(7)12)15-5-4-13-8(16)6-15/h2-3H,4-6,12H2,1H3,(H,13,16). The van der Waals surface area contributed by atoms with Crippen LogP contribution in [0, 0.1) is 0 Å². The van der Waals surface area contributed by atoms with Crippen molar-refractivity contribution in [3.63, 3.8) is 0 Å². The van der Waals surface area contributed by atoms with Gasteiger partial charge in [0.25, 0.3) is 0 Å². The van der Waals surface area contributed by atoms with Crippen molar-refractivity contribution in [3.8, 4) is 0 Å². The quantitative estimate of drug-likeness (QED) is 0.679. The Balaban J connectivity index is 2.33. The summed E-state index contributed by atoms with van der Waals surface area (Å²) in [6, 6.07) is 1.49. The molecular weight excluding hydrogens is 236 g/mol. The van der Waals surface area contributed by atoms with Crippen molar-refractivity contribution >= 4 is 23.4 Å². The molecule has 0 radical (unpaired) electrons. The zero-order valence-electron chi connectivity index (χ0n) is 9.97. The smallest absolute Gasteiger partial charge is 0.340 e. The predicted octanol–water partition coefficient (Wildman–Crippen LogP) is -0.613. The number of esters is 1. The van der Waals surface area contributed by atoms with Gasteiger partial charge < -0.3 is 20.7 Å². The minimum Gasteiger partial charge on any atom is -0.465 e. The van der Waals surface area contributed by atoms with E-state index in [0.717, 1.165) is 0 Å². The minimum absolute atomic E-state index is 0.0917. The van der Waals surface area contributed by atoms with Crippen LogP contribution in [-0.4, -0.2) is 43.6 Å². The lowest BCUT2D eigenvalue weighted by atomic mass is 10.2. The zero-order valence-corrected chi connectivity index (χ0v) is 9.97. The van der Waals surface area contributed by atoms with Gasteiger partial charge in [0, 0.05) is 19.3 Å². The van der Waals surface area contributed by atoms with Crippen LogP contribution in [-0.2, 0) is 9.53 Å². The van der Waals surface area contributed by atoms with E-state index in [9.17, 15) is 9.59 Å². The number of methoxy groups -OCH3 is 1. The maximum Gasteiger partial charge on any atom is 0.340 e. The molecule has 7 nitrogen and oxygen atoms in total. The molecule has 2 heterocycles. The number of aromatic nitrogens is 1. The van der Waals surface area contributed by atoms with Crippen molar-refractivity contribution in [2.24, 2.45) is 0 Å². The number of nitrogen functional groups attached to an aromatic ring is 1. The molecule has 0 unspecified atom stereocenters. The first-order chi connectivity index (χ1) is 8.63. The van der Waals surface area contributed by atoms with Crippen LogP contribution in [0.5, 0.6) is 0 Å². The number of hydrogen-bond donors (Lipinski definition) is 2. The van der Waals surface area contributed by atoms with E-state index in [4.69, 9.17) is 5.73 Å². The highest BCUT2D eigenvalue weighted by molar-refractivity contribution is 5.98. The fourth-order valence-electron chi connectivity index (χ4n) is 1.82. The van der Waals surface area contributed by atoms with E-state index in [1.807, 2.05) is 0 Å². The van der Waals surface area contributed by atoms with E-state index < -0.39 is 5.97 Å². The number of amides is 1. The number of carbonyl (C=O) groups is 2. The van der Waals surface area contributed by atoms with Crippen LogP contribution in [0.25, 0.3) is 0 Å². The lowest BCUT2D eigenvalue weighted by Crippen LogP contribution is -2.48. The normalized spacial score (nSPS) is 15.2. The molecule has 18 heavy (non-hydrogen) atoms. The predicted molar refractivity (Wildman–Crippen MR) is 65.2 cm³/mol. The van der Waals surface area contributed by atoms with Gasteiger partial charge in [-0.05, 0) is 6.07 Å². The van der Waals surface area contributed by atoms with E-state index in [1.54, 1.807) is 4.90 Å². The summed E-state index contributed by atoms with van der Waals surface area (Å²) in [7, 11) is 1.29. The lowest BCUT2D eigenvalue weighted by molar-refractivity contribution is -0.120. The molecule has 7 heteroatoms. The van der Waals surface area contributed by atoms with E-state index in [2.05, 4.69) is 15.0 Å². The first-order valence-corrected chi connectivity index (χ1v) is 5.48. The molecule has 1 amide bonds. The molecule has 0 spiro atoms. The summed E-state index contributed by atoms with van der Waals surface area (Å²) >= 11 is 0. The number of nitrogens with zero attached hydrogens (tertiary/aromatic N) is 2. The SMILES string of the molecule is COC(=O)c1ccnc(N2CCNC(=O)C2)c1N. The van der Waals surface area contributed by atoms with Crippen molar-refractivity contribution in [2.45, 2.75) is 0 Å². The summed E-state index contributed by atoms with van der Waals surface area (Å²) in [6.45, 7) is 1.32. The molecule has 1 fully saturated rings. The van der Waals surface area contributed by atoms with Crippen LogP contribution in [0.15, 0.2) is 12.3 Å². The molecule has 1 saturated heterocycles. The highest BCUT2D eigenvalue weighted by Crippen LogP contribution is 2.24. The van der Waals surface area contributed by atoms with Crippen LogP contribution in [0.1, 0.15) is 10.4 Å². The summed E-state index contributed by atoms with van der Waals surface area (Å²) < 4.78 is 4.64. The average molecular weight is 250 g/mol. The summed E-state index contributed by atoms with van der Waals surface area (Å²) in [5.74, 6) is -0.170. The highest BCUT2D eigenvalue weighted by Gasteiger charge is 2.22. The molecule has 96 valence electrons. The molecule has 0 aliphatic carbocycles. The summed E-state index contributed by atoms with van der Waals surface area (Å²) in [6.07, 6.45) is 1.48. The Kier molecular flexibility index (Phi) is 3.31. The number of hydrogen-bond acceptors (Lipinski definition) is 6. The summed E-state index contributed by atoms with van der Waals surface area (Å²) in [5, 5.41) is 2.71. The maximum absolute atomic E-state index is 11.5. The van der Waals surface area contributed by atoms with E-state index in [-0.39, 0.29) is 23.7 Å². The average Bonchev–Trinajstić information content (AvgIpc) is 2.38. The third-order valence-corrected chi connectivity index (χ3v) is 2.71. The first-order valence-electron chi connectivity index (χ1n) is 5.48. The molecular formula is C11H14N4O3. The van der Waals surface area contributed by atoms with E-state index >= 15 is 0 Å². The Morgan fingerprint density at radius 2 is 2.39 bits per heavy atom. The second-order valence-electron chi connectivity index (χ2n) is 3.86. The van der Waals surface area contributed by atoms with E-state index in [1.165, 1.54) is 19.4 Å². The second kappa shape index (κ2) is 4.91. The van der Waals surface area contributed by atoms with E-state index in [0.29, 0.717) is 18.9 Å². The highest BCUT2D eigenvalue weighted by atomic mass is 16.5. The third-order valence-electron chi connectivity index (χ3n) is 2.71. The number of rotatable bonds is 2. The van der Waals surface area contributed by atoms with Crippen molar-refractivity contribution < 1.29 is 14.3 Å². The topological polar surface area (TPSA) is 97.5 Å². The van der Waals surface area contributed by atoms with Crippen LogP contribution in [0.4, 0.5) is 11.5 Å². The molecule has 3 N–H and O–H groups in total. The molecule has 1 aliphatic heterocycles. The van der Waals surface area contributed by atoms with Gasteiger partial charge >= 0.3 is 5.97 Å². The minimum atomic E-state index is -0.516. The molecule has 2 rings (SSSR count). The van der Waals surface area contributed by atoms with Crippen LogP contribution < -0.4 is 16.0 Å². The largest absolute Gasteiger partial charge is 0.465 e. The molecule has 0 bridgehead atoms. The molecule has 0 aromatic carbocycles. The van der Waals surface area contributed by atoms with Gasteiger partial charge in [0.05, 0.1) is 24.9 Å². The molecule has 1 aromatic heterocycles. The summed E-state index contributed by atoms with van der Waals surface area (Å²) in [4.78, 5) is 28.7. The van der Waals surface area contributed by atoms with Gasteiger partial charge in [-0.25, -0.2) is 9.78 Å². The molecule has 1 aliphatic rings. The van der Waals surface area contributed by atoms with Crippen molar-refractivity contribution in [1.29, 1.82) is 0 Å². The Bertz CT molecular complexity index is 489. The van der Waals surface area contributed by atoms with Crippen molar-refractivity contribution in [2.75, 3.05) is 37.4 Å². The Labute approximate surface area is 104 Å². The second-order valence-corrected chi connectivity index (χ2v) is 3.86. The lowest BCUT2D eigenvalue weighted by Gasteiger charge is -2.28. The number of piperazine rings is 1. The molecule has 1 aromatic rings. The van der Waals surface area contributed by atoms with Crippen LogP contribution in [0.2, 0.25) is 0 Å². The van der Waals surface area contributed by atoms with Gasteiger partial charge in [-0.3, -0.25) is 4.79 Å². The van der Waals surface area contributed by atoms with Crippen LogP contribution in [0.3, 0.4) is 0 Å². The Morgan fingerprint density at radius 3 is 3.06 bits per heavy atom. The van der Waals surface area contributed by atoms with Gasteiger partial charge in [-0.2, -0.15) is 0 Å². The zero-order chi connectivity index (χ0) is 13.1. The monoisotopic (exact) mass is 250 g/mol. The van der Waals surface area contributed by atoms with Crippen LogP contribution >= 0.6 is 0 Å². The number of pyridine rings is 1. The number of anilines is 2. The Hall–Kier alpha value is -2.31. The van der Waals surface area contributed by atoms with Crippen molar-refractivity contribution in [3.05, 3.63) is 17.8 Å². The molecule has 0 saturated carbocycles. The fraction of sp³-hybridized carbons (Fsp3) is 0.364. The van der Waals surface area contributed by atoms with Gasteiger partial charge in [0.1, 0.15) is 0 Å². The van der Waals surface area contributed by atoms with Gasteiger partial charge in [0.2, 0.25) is 5.91 Å². The first kappa shape index (κ1) is 12.2. The van der Waals surface area contributed by atoms with Gasteiger partial charge in [-0.1, -0.05) is 0 Å². The summed E-state index contributed by atoms with van der Waals surface area (Å²) in [5.41, 5.74) is 6.39.